The molecule has 1 unspecified atom stereocenters. The lowest BCUT2D eigenvalue weighted by Crippen LogP contribution is -2.51. The number of carbonyl (C=O) groups is 2. The van der Waals surface area contributed by atoms with E-state index in [1.807, 2.05) is 49.3 Å². The summed E-state index contributed by atoms with van der Waals surface area (Å²) in [6.07, 6.45) is 11.8. The van der Waals surface area contributed by atoms with Gasteiger partial charge in [0.1, 0.15) is 13.1 Å². The monoisotopic (exact) mass is 543 g/mol. The van der Waals surface area contributed by atoms with Crippen molar-refractivity contribution in [2.75, 3.05) is 51.8 Å². The van der Waals surface area contributed by atoms with Gasteiger partial charge >= 0.3 is 0 Å². The van der Waals surface area contributed by atoms with Gasteiger partial charge in [-0.05, 0) is 51.0 Å². The lowest BCUT2D eigenvalue weighted by Gasteiger charge is -2.30. The minimum Gasteiger partial charge on any atom is -0.550 e. The summed E-state index contributed by atoms with van der Waals surface area (Å²) in [6.45, 7) is 10.2. The molecule has 0 amide bonds. The van der Waals surface area contributed by atoms with Gasteiger partial charge in [-0.15, -0.1) is 0 Å². The summed E-state index contributed by atoms with van der Waals surface area (Å²) < 4.78 is 2.60. The maximum absolute atomic E-state index is 10.3. The molecule has 2 aromatic rings. The Labute approximate surface area is 233 Å². The SMILES string of the molecule is CC(=O)[O-].CC(=O)[O-].CCN(CC)c1ccc(/C=C/C=C/c2cc[n+](CC(O)C[N+](C)(C)CCO)cc2)cc1. The number of rotatable bonds is 12. The molecule has 9 nitrogen and oxygen atoms in total. The van der Waals surface area contributed by atoms with Gasteiger partial charge in [0, 0.05) is 42.8 Å². The number of aliphatic hydroxyl groups excluding tert-OH is 2. The number of likely N-dealkylation sites (N-methyl/N-ethyl adjacent to an activating group) is 1. The Kier molecular flexibility index (Phi) is 17.8. The van der Waals surface area contributed by atoms with Crippen LogP contribution in [-0.2, 0) is 16.1 Å². The predicted octanol–water partition coefficient (Wildman–Crippen LogP) is 0.489. The van der Waals surface area contributed by atoms with Crippen LogP contribution < -0.4 is 19.7 Å². The van der Waals surface area contributed by atoms with E-state index in [1.165, 1.54) is 11.3 Å². The van der Waals surface area contributed by atoms with Crippen LogP contribution in [0.15, 0.2) is 60.9 Å². The van der Waals surface area contributed by atoms with Crippen LogP contribution in [0.5, 0.6) is 0 Å². The Morgan fingerprint density at radius 2 is 1.36 bits per heavy atom. The van der Waals surface area contributed by atoms with Gasteiger partial charge in [-0.3, -0.25) is 0 Å². The fourth-order valence-electron chi connectivity index (χ4n) is 3.65. The third-order valence-electron chi connectivity index (χ3n) is 5.46. The molecule has 0 aliphatic carbocycles. The summed E-state index contributed by atoms with van der Waals surface area (Å²) in [5.74, 6) is -2.17. The molecule has 0 saturated carbocycles. The molecular weight excluding hydrogens is 498 g/mol. The van der Waals surface area contributed by atoms with E-state index in [2.05, 4.69) is 61.2 Å². The van der Waals surface area contributed by atoms with E-state index in [4.69, 9.17) is 24.9 Å². The van der Waals surface area contributed by atoms with Crippen LogP contribution in [-0.4, -0.2) is 79.6 Å². The van der Waals surface area contributed by atoms with Crippen molar-refractivity contribution in [2.45, 2.75) is 40.3 Å². The summed E-state index contributed by atoms with van der Waals surface area (Å²) in [5, 5.41) is 37.2. The number of carboxylic acid groups (broad SMARTS) is 2. The Morgan fingerprint density at radius 3 is 1.77 bits per heavy atom. The zero-order valence-electron chi connectivity index (χ0n) is 24.1. The molecule has 39 heavy (non-hydrogen) atoms. The van der Waals surface area contributed by atoms with Crippen molar-refractivity contribution < 1.29 is 39.1 Å². The number of benzene rings is 1. The molecule has 1 atom stereocenters. The van der Waals surface area contributed by atoms with Crippen molar-refractivity contribution in [1.29, 1.82) is 0 Å². The molecule has 0 radical (unpaired) electrons. The second-order valence-corrected chi connectivity index (χ2v) is 9.51. The number of hydrogen-bond donors (Lipinski definition) is 2. The number of carbonyl (C=O) groups excluding carboxylic acids is 2. The third kappa shape index (κ3) is 18.4. The molecule has 2 rings (SSSR count). The first-order chi connectivity index (χ1) is 18.3. The quantitative estimate of drug-likeness (QED) is 0.227. The van der Waals surface area contributed by atoms with Gasteiger partial charge in [-0.2, -0.15) is 0 Å². The molecule has 0 fully saturated rings. The number of allylic oxidation sites excluding steroid dienone is 2. The number of aliphatic hydroxyl groups is 2. The Bertz CT molecular complexity index is 994. The zero-order chi connectivity index (χ0) is 29.8. The van der Waals surface area contributed by atoms with Crippen molar-refractivity contribution >= 4 is 29.8 Å². The summed E-state index contributed by atoms with van der Waals surface area (Å²) >= 11 is 0. The van der Waals surface area contributed by atoms with Crippen molar-refractivity contribution in [3.63, 3.8) is 0 Å². The van der Waals surface area contributed by atoms with Crippen LogP contribution >= 0.6 is 0 Å². The van der Waals surface area contributed by atoms with Crippen LogP contribution in [0.1, 0.15) is 38.8 Å². The van der Waals surface area contributed by atoms with Crippen LogP contribution in [0.25, 0.3) is 12.2 Å². The summed E-state index contributed by atoms with van der Waals surface area (Å²) in [7, 11) is 4.04. The number of quaternary nitrogens is 1. The molecule has 0 aliphatic rings. The maximum Gasteiger partial charge on any atom is 0.179 e. The number of aliphatic carboxylic acids is 2. The maximum atomic E-state index is 10.3. The minimum absolute atomic E-state index is 0.129. The highest BCUT2D eigenvalue weighted by molar-refractivity contribution is 5.60. The smallest absolute Gasteiger partial charge is 0.179 e. The molecular formula is C30H45N3O6. The van der Waals surface area contributed by atoms with Gasteiger partial charge in [-0.25, -0.2) is 4.57 Å². The number of aromatic nitrogens is 1. The van der Waals surface area contributed by atoms with Crippen molar-refractivity contribution in [3.8, 4) is 0 Å². The highest BCUT2D eigenvalue weighted by atomic mass is 16.4. The summed E-state index contributed by atoms with van der Waals surface area (Å²) in [5.41, 5.74) is 3.56. The van der Waals surface area contributed by atoms with Crippen LogP contribution in [0.3, 0.4) is 0 Å². The third-order valence-corrected chi connectivity index (χ3v) is 5.46. The van der Waals surface area contributed by atoms with E-state index in [0.717, 1.165) is 32.5 Å². The molecule has 0 saturated heterocycles. The van der Waals surface area contributed by atoms with Gasteiger partial charge in [0.25, 0.3) is 0 Å². The lowest BCUT2D eigenvalue weighted by atomic mass is 10.1. The number of anilines is 1. The Morgan fingerprint density at radius 1 is 0.923 bits per heavy atom. The predicted molar refractivity (Wildman–Crippen MR) is 151 cm³/mol. The normalized spacial score (nSPS) is 11.8. The number of nitrogens with zero attached hydrogens (tertiary/aromatic N) is 3. The first kappa shape index (κ1) is 35.5. The van der Waals surface area contributed by atoms with Gasteiger partial charge in [0.15, 0.2) is 25.0 Å². The molecule has 9 heteroatoms. The number of carboxylic acids is 2. The molecule has 216 valence electrons. The van der Waals surface area contributed by atoms with Gasteiger partial charge < -0.3 is 39.4 Å². The molecule has 1 heterocycles. The van der Waals surface area contributed by atoms with Gasteiger partial charge in [-0.1, -0.05) is 36.4 Å². The Balaban J connectivity index is 0.00000159. The van der Waals surface area contributed by atoms with Crippen LogP contribution in [0.2, 0.25) is 0 Å². The molecule has 0 bridgehead atoms. The molecule has 1 aromatic carbocycles. The van der Waals surface area contributed by atoms with Crippen molar-refractivity contribution in [3.05, 3.63) is 72.1 Å². The van der Waals surface area contributed by atoms with Crippen molar-refractivity contribution in [1.82, 2.24) is 0 Å². The van der Waals surface area contributed by atoms with Gasteiger partial charge in [0.05, 0.1) is 20.7 Å². The second-order valence-electron chi connectivity index (χ2n) is 9.51. The number of pyridine rings is 1. The fourth-order valence-corrected chi connectivity index (χ4v) is 3.65. The van der Waals surface area contributed by atoms with Crippen LogP contribution in [0, 0.1) is 0 Å². The standard InChI is InChI=1S/C26H39N3O2.2C2H4O2/c1-5-28(6-2)25-13-11-23(12-14-25)9-7-8-10-24-15-17-27(18-16-24)21-26(31)22-29(3,4)19-20-30;2*1-2(3)4/h7-18,26,30-31H,5-6,19-22H2,1-4H3;2*1H3,(H,3,4)/q+2;;/p-2. The largest absolute Gasteiger partial charge is 0.550 e. The fraction of sp³-hybridized carbons (Fsp3) is 0.433. The summed E-state index contributed by atoms with van der Waals surface area (Å²) in [4.78, 5) is 20.1. The van der Waals surface area contributed by atoms with E-state index in [0.29, 0.717) is 24.1 Å². The molecule has 0 spiro atoms. The van der Waals surface area contributed by atoms with Crippen LogP contribution in [0.4, 0.5) is 5.69 Å². The van der Waals surface area contributed by atoms with E-state index in [1.54, 1.807) is 0 Å². The topological polar surface area (TPSA) is 128 Å². The van der Waals surface area contributed by atoms with Gasteiger partial charge in [0.2, 0.25) is 0 Å². The molecule has 2 N–H and O–H groups in total. The van der Waals surface area contributed by atoms with E-state index in [-0.39, 0.29) is 6.61 Å². The highest BCUT2D eigenvalue weighted by Gasteiger charge is 2.22. The molecule has 1 aromatic heterocycles. The zero-order valence-corrected chi connectivity index (χ0v) is 24.1. The lowest BCUT2D eigenvalue weighted by molar-refractivity contribution is -0.896. The summed E-state index contributed by atoms with van der Waals surface area (Å²) in [6, 6.07) is 12.7. The van der Waals surface area contributed by atoms with Crippen molar-refractivity contribution in [2.24, 2.45) is 0 Å². The Hall–Kier alpha value is -3.53. The second kappa shape index (κ2) is 19.5. The van der Waals surface area contributed by atoms with E-state index >= 15 is 0 Å². The molecule has 0 aliphatic heterocycles. The number of hydrogen-bond acceptors (Lipinski definition) is 7. The highest BCUT2D eigenvalue weighted by Crippen LogP contribution is 2.15. The average Bonchev–Trinajstić information content (AvgIpc) is 2.83. The van der Waals surface area contributed by atoms with E-state index < -0.39 is 18.0 Å². The first-order valence-electron chi connectivity index (χ1n) is 13.0. The van der Waals surface area contributed by atoms with E-state index in [9.17, 15) is 5.11 Å². The first-order valence-corrected chi connectivity index (χ1v) is 13.0. The average molecular weight is 544 g/mol. The minimum atomic E-state index is -1.08.